The third kappa shape index (κ3) is 1.33. The molecule has 0 fully saturated rings. The van der Waals surface area contributed by atoms with Crippen LogP contribution in [-0.4, -0.2) is 25.9 Å². The molecular formula is C8H7N3O3. The van der Waals surface area contributed by atoms with Crippen molar-refractivity contribution in [3.63, 3.8) is 0 Å². The maximum Gasteiger partial charge on any atom is 0.409 e. The molecule has 6 nitrogen and oxygen atoms in total. The Hall–Kier alpha value is -2.24. The molecule has 2 aromatic rings. The number of fused-ring (bicyclic) bond motifs is 1. The molecule has 0 atom stereocenters. The van der Waals surface area contributed by atoms with E-state index in [9.17, 15) is 9.90 Å². The predicted molar refractivity (Wildman–Crippen MR) is 48.5 cm³/mol. The van der Waals surface area contributed by atoms with Crippen LogP contribution >= 0.6 is 0 Å². The molecule has 0 bridgehead atoms. The van der Waals surface area contributed by atoms with Gasteiger partial charge in [0.05, 0.1) is 23.6 Å². The normalized spacial score (nSPS) is 10.3. The summed E-state index contributed by atoms with van der Waals surface area (Å²) in [6.07, 6.45) is 1.73. The molecule has 2 heterocycles. The van der Waals surface area contributed by atoms with Crippen LogP contribution in [0.4, 0.5) is 10.5 Å². The van der Waals surface area contributed by atoms with E-state index in [1.54, 1.807) is 6.07 Å². The molecule has 0 unspecified atom stereocenters. The van der Waals surface area contributed by atoms with Gasteiger partial charge in [0.15, 0.2) is 0 Å². The van der Waals surface area contributed by atoms with E-state index in [2.05, 4.69) is 10.4 Å². The zero-order valence-corrected chi connectivity index (χ0v) is 7.01. The first-order valence-corrected chi connectivity index (χ1v) is 3.83. The van der Waals surface area contributed by atoms with Crippen molar-refractivity contribution in [3.05, 3.63) is 24.5 Å². The molecule has 0 aliphatic heterocycles. The summed E-state index contributed by atoms with van der Waals surface area (Å²) in [7, 11) is 0. The van der Waals surface area contributed by atoms with Crippen LogP contribution in [0.5, 0.6) is 5.75 Å². The molecule has 2 rings (SSSR count). The van der Waals surface area contributed by atoms with E-state index in [1.807, 2.05) is 0 Å². The number of carbonyl (C=O) groups is 1. The summed E-state index contributed by atoms with van der Waals surface area (Å²) in [5, 5.41) is 23.8. The smallest absolute Gasteiger partial charge is 0.409 e. The van der Waals surface area contributed by atoms with E-state index >= 15 is 0 Å². The molecule has 0 aromatic carbocycles. The third-order valence-corrected chi connectivity index (χ3v) is 1.73. The van der Waals surface area contributed by atoms with Crippen LogP contribution in [0.1, 0.15) is 0 Å². The lowest BCUT2D eigenvalue weighted by molar-refractivity contribution is 0.210. The van der Waals surface area contributed by atoms with Crippen molar-refractivity contribution in [1.82, 2.24) is 9.61 Å². The molecule has 14 heavy (non-hydrogen) atoms. The van der Waals surface area contributed by atoms with Crippen LogP contribution < -0.4 is 5.32 Å². The second kappa shape index (κ2) is 2.91. The van der Waals surface area contributed by atoms with Gasteiger partial charge in [-0.1, -0.05) is 0 Å². The molecular weight excluding hydrogens is 186 g/mol. The summed E-state index contributed by atoms with van der Waals surface area (Å²) in [5.41, 5.74) is 0.889. The summed E-state index contributed by atoms with van der Waals surface area (Å²) in [6.45, 7) is 0. The fourth-order valence-corrected chi connectivity index (χ4v) is 1.23. The average molecular weight is 193 g/mol. The number of aromatic nitrogens is 2. The molecule has 0 aliphatic carbocycles. The summed E-state index contributed by atoms with van der Waals surface area (Å²) in [5.74, 6) is -0.0510. The van der Waals surface area contributed by atoms with Crippen molar-refractivity contribution < 1.29 is 15.0 Å². The van der Waals surface area contributed by atoms with Gasteiger partial charge in [0, 0.05) is 6.07 Å². The number of nitrogens with zero attached hydrogens (tertiary/aromatic N) is 2. The highest BCUT2D eigenvalue weighted by Crippen LogP contribution is 2.21. The van der Waals surface area contributed by atoms with E-state index < -0.39 is 6.09 Å². The second-order valence-corrected chi connectivity index (χ2v) is 2.70. The maximum absolute atomic E-state index is 10.4. The Labute approximate surface area is 78.4 Å². The van der Waals surface area contributed by atoms with Crippen molar-refractivity contribution >= 4 is 17.3 Å². The van der Waals surface area contributed by atoms with Crippen LogP contribution in [0.25, 0.3) is 5.52 Å². The Kier molecular flexibility index (Phi) is 1.74. The zero-order chi connectivity index (χ0) is 10.1. The minimum absolute atomic E-state index is 0.0510. The van der Waals surface area contributed by atoms with Crippen molar-refractivity contribution in [2.24, 2.45) is 0 Å². The minimum atomic E-state index is -1.18. The van der Waals surface area contributed by atoms with Gasteiger partial charge in [-0.3, -0.25) is 5.32 Å². The summed E-state index contributed by atoms with van der Waals surface area (Å²) in [4.78, 5) is 10.4. The number of pyridine rings is 1. The lowest BCUT2D eigenvalue weighted by atomic mass is 10.3. The maximum atomic E-state index is 10.4. The van der Waals surface area contributed by atoms with Gasteiger partial charge in [-0.25, -0.2) is 9.31 Å². The Morgan fingerprint density at radius 3 is 3.07 bits per heavy atom. The van der Waals surface area contributed by atoms with Gasteiger partial charge in [0.1, 0.15) is 5.75 Å². The van der Waals surface area contributed by atoms with Gasteiger partial charge in [0.25, 0.3) is 0 Å². The van der Waals surface area contributed by atoms with Gasteiger partial charge >= 0.3 is 6.09 Å². The molecule has 0 saturated carbocycles. The summed E-state index contributed by atoms with van der Waals surface area (Å²) in [6, 6.07) is 2.97. The summed E-state index contributed by atoms with van der Waals surface area (Å²) >= 11 is 0. The number of hydrogen-bond acceptors (Lipinski definition) is 3. The first-order valence-electron chi connectivity index (χ1n) is 3.83. The molecule has 1 amide bonds. The van der Waals surface area contributed by atoms with Gasteiger partial charge in [-0.05, 0) is 6.07 Å². The molecule has 72 valence electrons. The number of hydrogen-bond donors (Lipinski definition) is 3. The van der Waals surface area contributed by atoms with Crippen molar-refractivity contribution in [3.8, 4) is 5.75 Å². The largest absolute Gasteiger partial charge is 0.506 e. The lowest BCUT2D eigenvalue weighted by Crippen LogP contribution is -2.08. The summed E-state index contributed by atoms with van der Waals surface area (Å²) < 4.78 is 1.39. The van der Waals surface area contributed by atoms with Crippen molar-refractivity contribution in [2.75, 3.05) is 5.32 Å². The fraction of sp³-hybridized carbons (Fsp3) is 0. The number of amides is 1. The van der Waals surface area contributed by atoms with Gasteiger partial charge in [-0.2, -0.15) is 5.10 Å². The Bertz CT molecular complexity index is 492. The van der Waals surface area contributed by atoms with E-state index in [-0.39, 0.29) is 5.75 Å². The Balaban J connectivity index is 2.60. The topological polar surface area (TPSA) is 86.9 Å². The van der Waals surface area contributed by atoms with Crippen LogP contribution in [0.15, 0.2) is 24.5 Å². The standard InChI is InChI=1S/C8H7N3O3/c12-5-3-6(10-8(13)14)7-1-2-9-11(7)4-5/h1-4,10,12H,(H,13,14). The van der Waals surface area contributed by atoms with Gasteiger partial charge in [-0.15, -0.1) is 0 Å². The quantitative estimate of drug-likeness (QED) is 0.633. The SMILES string of the molecule is O=C(O)Nc1cc(O)cn2nccc12. The molecule has 2 aromatic heterocycles. The van der Waals surface area contributed by atoms with Crippen LogP contribution in [0.3, 0.4) is 0 Å². The highest BCUT2D eigenvalue weighted by molar-refractivity contribution is 5.89. The van der Waals surface area contributed by atoms with Crippen LogP contribution in [0.2, 0.25) is 0 Å². The van der Waals surface area contributed by atoms with E-state index in [0.29, 0.717) is 11.2 Å². The van der Waals surface area contributed by atoms with E-state index in [0.717, 1.165) is 0 Å². The highest BCUT2D eigenvalue weighted by atomic mass is 16.4. The van der Waals surface area contributed by atoms with E-state index in [4.69, 9.17) is 5.11 Å². The number of rotatable bonds is 1. The van der Waals surface area contributed by atoms with Gasteiger partial charge in [0.2, 0.25) is 0 Å². The molecule has 3 N–H and O–H groups in total. The third-order valence-electron chi connectivity index (χ3n) is 1.73. The number of carboxylic acid groups (broad SMARTS) is 1. The first-order chi connectivity index (χ1) is 6.66. The van der Waals surface area contributed by atoms with Crippen LogP contribution in [0, 0.1) is 0 Å². The molecule has 0 spiro atoms. The van der Waals surface area contributed by atoms with Crippen molar-refractivity contribution in [2.45, 2.75) is 0 Å². The number of anilines is 1. The molecule has 0 radical (unpaired) electrons. The monoisotopic (exact) mass is 193 g/mol. The number of nitrogens with one attached hydrogen (secondary N) is 1. The van der Waals surface area contributed by atoms with Crippen molar-refractivity contribution in [1.29, 1.82) is 0 Å². The van der Waals surface area contributed by atoms with E-state index in [1.165, 1.54) is 23.0 Å². The molecule has 0 aliphatic rings. The number of aromatic hydroxyl groups is 1. The average Bonchev–Trinajstić information content (AvgIpc) is 2.50. The Morgan fingerprint density at radius 2 is 2.36 bits per heavy atom. The first kappa shape index (κ1) is 8.36. The zero-order valence-electron chi connectivity index (χ0n) is 7.01. The molecule has 0 saturated heterocycles. The predicted octanol–water partition coefficient (Wildman–Crippen LogP) is 1.13. The minimum Gasteiger partial charge on any atom is -0.506 e. The van der Waals surface area contributed by atoms with Gasteiger partial charge < -0.3 is 10.2 Å². The lowest BCUT2D eigenvalue weighted by Gasteiger charge is -2.03. The van der Waals surface area contributed by atoms with Crippen LogP contribution in [-0.2, 0) is 0 Å². The second-order valence-electron chi connectivity index (χ2n) is 2.70. The Morgan fingerprint density at radius 1 is 1.57 bits per heavy atom. The molecule has 6 heteroatoms. The fourth-order valence-electron chi connectivity index (χ4n) is 1.23. The highest BCUT2D eigenvalue weighted by Gasteiger charge is 2.06.